The monoisotopic (exact) mass is 259 g/mol. The van der Waals surface area contributed by atoms with Crippen LogP contribution in [-0.2, 0) is 9.53 Å². The minimum Gasteiger partial charge on any atom is -0.465 e. The highest BCUT2D eigenvalue weighted by Gasteiger charge is 2.21. The second kappa shape index (κ2) is 8.81. The Morgan fingerprint density at radius 1 is 1.47 bits per heavy atom. The predicted octanol–water partition coefficient (Wildman–Crippen LogP) is 2.59. The molecule has 1 aliphatic heterocycles. The van der Waals surface area contributed by atoms with Crippen LogP contribution in [0.25, 0.3) is 0 Å². The summed E-state index contributed by atoms with van der Waals surface area (Å²) in [6, 6.07) is -0.109. The first kappa shape index (κ1) is 14.8. The summed E-state index contributed by atoms with van der Waals surface area (Å²) in [4.78, 5) is 11.7. The van der Waals surface area contributed by atoms with Crippen LogP contribution in [0.4, 0.5) is 0 Å². The Balaban J connectivity index is 2.29. The number of ether oxygens (including phenoxy) is 1. The molecule has 1 fully saturated rings. The molecule has 0 amide bonds. The third-order valence-electron chi connectivity index (χ3n) is 3.01. The smallest absolute Gasteiger partial charge is 0.323 e. The maximum Gasteiger partial charge on any atom is 0.323 e. The minimum absolute atomic E-state index is 0.0878. The lowest BCUT2D eigenvalue weighted by molar-refractivity contribution is -0.145. The SMILES string of the molecule is CCCC(NCC1CCCCS1)C(=O)OCC. The largest absolute Gasteiger partial charge is 0.465 e. The van der Waals surface area contributed by atoms with Crippen LogP contribution in [0.1, 0.15) is 46.0 Å². The van der Waals surface area contributed by atoms with Crippen molar-refractivity contribution in [3.63, 3.8) is 0 Å². The minimum atomic E-state index is -0.109. The fraction of sp³-hybridized carbons (Fsp3) is 0.923. The Bertz CT molecular complexity index is 217. The molecule has 4 heteroatoms. The van der Waals surface area contributed by atoms with E-state index in [-0.39, 0.29) is 12.0 Å². The van der Waals surface area contributed by atoms with E-state index < -0.39 is 0 Å². The van der Waals surface area contributed by atoms with E-state index in [1.165, 1.54) is 25.0 Å². The Morgan fingerprint density at radius 3 is 2.88 bits per heavy atom. The molecule has 0 spiro atoms. The summed E-state index contributed by atoms with van der Waals surface area (Å²) < 4.78 is 5.09. The van der Waals surface area contributed by atoms with Gasteiger partial charge in [0.2, 0.25) is 0 Å². The van der Waals surface area contributed by atoms with Crippen LogP contribution in [0.15, 0.2) is 0 Å². The van der Waals surface area contributed by atoms with Gasteiger partial charge in [-0.2, -0.15) is 11.8 Å². The first-order valence-corrected chi connectivity index (χ1v) is 7.84. The van der Waals surface area contributed by atoms with Crippen molar-refractivity contribution in [1.82, 2.24) is 5.32 Å². The Kier molecular flexibility index (Phi) is 7.69. The summed E-state index contributed by atoms with van der Waals surface area (Å²) in [5, 5.41) is 4.06. The molecule has 1 saturated heterocycles. The van der Waals surface area contributed by atoms with Gasteiger partial charge < -0.3 is 10.1 Å². The second-order valence-electron chi connectivity index (χ2n) is 4.49. The maximum absolute atomic E-state index is 11.7. The summed E-state index contributed by atoms with van der Waals surface area (Å²) >= 11 is 2.03. The van der Waals surface area contributed by atoms with Crippen LogP contribution in [-0.4, -0.2) is 36.2 Å². The van der Waals surface area contributed by atoms with Crippen LogP contribution < -0.4 is 5.32 Å². The number of esters is 1. The molecular weight excluding hydrogens is 234 g/mol. The van der Waals surface area contributed by atoms with Crippen molar-refractivity contribution in [2.75, 3.05) is 18.9 Å². The molecule has 0 aliphatic carbocycles. The average molecular weight is 259 g/mol. The highest BCUT2D eigenvalue weighted by molar-refractivity contribution is 7.99. The van der Waals surface area contributed by atoms with Gasteiger partial charge in [0.1, 0.15) is 6.04 Å². The molecule has 2 unspecified atom stereocenters. The van der Waals surface area contributed by atoms with Gasteiger partial charge in [-0.05, 0) is 31.9 Å². The third-order valence-corrected chi connectivity index (χ3v) is 4.41. The lowest BCUT2D eigenvalue weighted by atomic mass is 10.1. The standard InChI is InChI=1S/C13H25NO2S/c1-3-7-12(13(15)16-4-2)14-10-11-8-5-6-9-17-11/h11-12,14H,3-10H2,1-2H3. The molecule has 3 nitrogen and oxygen atoms in total. The van der Waals surface area contributed by atoms with Crippen molar-refractivity contribution in [2.24, 2.45) is 0 Å². The number of thioether (sulfide) groups is 1. The molecular formula is C13H25NO2S. The first-order chi connectivity index (χ1) is 8.27. The Labute approximate surface area is 109 Å². The van der Waals surface area contributed by atoms with Crippen molar-refractivity contribution < 1.29 is 9.53 Å². The zero-order chi connectivity index (χ0) is 12.5. The topological polar surface area (TPSA) is 38.3 Å². The van der Waals surface area contributed by atoms with Gasteiger partial charge in [-0.15, -0.1) is 0 Å². The van der Waals surface area contributed by atoms with E-state index in [0.717, 1.165) is 19.4 Å². The van der Waals surface area contributed by atoms with Gasteiger partial charge >= 0.3 is 5.97 Å². The second-order valence-corrected chi connectivity index (χ2v) is 5.90. The van der Waals surface area contributed by atoms with Gasteiger partial charge in [-0.3, -0.25) is 4.79 Å². The van der Waals surface area contributed by atoms with Crippen molar-refractivity contribution >= 4 is 17.7 Å². The number of nitrogens with one attached hydrogen (secondary N) is 1. The molecule has 0 saturated carbocycles. The Hall–Kier alpha value is -0.220. The molecule has 0 radical (unpaired) electrons. The quantitative estimate of drug-likeness (QED) is 0.713. The molecule has 0 bridgehead atoms. The van der Waals surface area contributed by atoms with Gasteiger partial charge in [0.05, 0.1) is 6.61 Å². The number of rotatable bonds is 7. The lowest BCUT2D eigenvalue weighted by Gasteiger charge is -2.24. The third kappa shape index (κ3) is 5.77. The van der Waals surface area contributed by atoms with E-state index in [2.05, 4.69) is 12.2 Å². The van der Waals surface area contributed by atoms with Gasteiger partial charge in [0, 0.05) is 11.8 Å². The molecule has 100 valence electrons. The van der Waals surface area contributed by atoms with Crippen LogP contribution in [0.2, 0.25) is 0 Å². The van der Waals surface area contributed by atoms with E-state index in [4.69, 9.17) is 4.74 Å². The van der Waals surface area contributed by atoms with Gasteiger partial charge in [-0.1, -0.05) is 19.8 Å². The molecule has 0 aromatic carbocycles. The Morgan fingerprint density at radius 2 is 2.29 bits per heavy atom. The van der Waals surface area contributed by atoms with Crippen LogP contribution in [0.5, 0.6) is 0 Å². The van der Waals surface area contributed by atoms with E-state index in [9.17, 15) is 4.79 Å². The fourth-order valence-corrected chi connectivity index (χ4v) is 3.33. The number of carbonyl (C=O) groups is 1. The molecule has 1 heterocycles. The molecule has 1 rings (SSSR count). The van der Waals surface area contributed by atoms with E-state index in [1.54, 1.807) is 0 Å². The highest BCUT2D eigenvalue weighted by atomic mass is 32.2. The number of hydrogen-bond donors (Lipinski definition) is 1. The van der Waals surface area contributed by atoms with Crippen molar-refractivity contribution in [3.8, 4) is 0 Å². The summed E-state index contributed by atoms with van der Waals surface area (Å²) in [6.45, 7) is 5.37. The van der Waals surface area contributed by atoms with Crippen molar-refractivity contribution in [3.05, 3.63) is 0 Å². The molecule has 2 atom stereocenters. The maximum atomic E-state index is 11.7. The molecule has 0 aromatic rings. The summed E-state index contributed by atoms with van der Waals surface area (Å²) in [6.07, 6.45) is 5.83. The summed E-state index contributed by atoms with van der Waals surface area (Å²) in [5.74, 6) is 1.18. The van der Waals surface area contributed by atoms with Crippen LogP contribution >= 0.6 is 11.8 Å². The number of carbonyl (C=O) groups excluding carboxylic acids is 1. The zero-order valence-electron chi connectivity index (χ0n) is 11.0. The van der Waals surface area contributed by atoms with Gasteiger partial charge in [0.15, 0.2) is 0 Å². The van der Waals surface area contributed by atoms with E-state index in [0.29, 0.717) is 11.9 Å². The normalized spacial score (nSPS) is 22.1. The van der Waals surface area contributed by atoms with Crippen LogP contribution in [0.3, 0.4) is 0 Å². The highest BCUT2D eigenvalue weighted by Crippen LogP contribution is 2.24. The summed E-state index contributed by atoms with van der Waals surface area (Å²) in [7, 11) is 0. The van der Waals surface area contributed by atoms with E-state index in [1.807, 2.05) is 18.7 Å². The molecule has 1 N–H and O–H groups in total. The predicted molar refractivity (Wildman–Crippen MR) is 73.4 cm³/mol. The van der Waals surface area contributed by atoms with Gasteiger partial charge in [0.25, 0.3) is 0 Å². The summed E-state index contributed by atoms with van der Waals surface area (Å²) in [5.41, 5.74) is 0. The van der Waals surface area contributed by atoms with Crippen molar-refractivity contribution in [2.45, 2.75) is 57.2 Å². The van der Waals surface area contributed by atoms with Crippen molar-refractivity contribution in [1.29, 1.82) is 0 Å². The average Bonchev–Trinajstić information content (AvgIpc) is 2.36. The zero-order valence-corrected chi connectivity index (χ0v) is 11.9. The molecule has 0 aromatic heterocycles. The lowest BCUT2D eigenvalue weighted by Crippen LogP contribution is -2.41. The van der Waals surface area contributed by atoms with Crippen LogP contribution in [0, 0.1) is 0 Å². The van der Waals surface area contributed by atoms with E-state index >= 15 is 0 Å². The number of hydrogen-bond acceptors (Lipinski definition) is 4. The first-order valence-electron chi connectivity index (χ1n) is 6.79. The molecule has 1 aliphatic rings. The van der Waals surface area contributed by atoms with Gasteiger partial charge in [-0.25, -0.2) is 0 Å². The molecule has 17 heavy (non-hydrogen) atoms. The fourth-order valence-electron chi connectivity index (χ4n) is 2.08.